The van der Waals surface area contributed by atoms with Gasteiger partial charge in [0.2, 0.25) is 5.95 Å². The standard InChI is InChI=1S/C13H18N6O/c1-8-11(17-7-16-8)5-15-12-4-10(18-13(14)19-12)9-2-3-20-6-9/h4,7,9H,2-3,5-6H2,1H3,(H,16,17)(H3,14,15,18,19)/t9-/m1/s1. The first-order valence-electron chi connectivity index (χ1n) is 6.67. The van der Waals surface area contributed by atoms with Crippen molar-refractivity contribution in [2.75, 3.05) is 24.3 Å². The van der Waals surface area contributed by atoms with Gasteiger partial charge in [-0.05, 0) is 13.3 Å². The Morgan fingerprint density at radius 3 is 3.10 bits per heavy atom. The Bertz CT molecular complexity index is 590. The summed E-state index contributed by atoms with van der Waals surface area (Å²) >= 11 is 0. The fourth-order valence-electron chi connectivity index (χ4n) is 2.29. The predicted molar refractivity (Wildman–Crippen MR) is 75.3 cm³/mol. The molecule has 0 unspecified atom stereocenters. The van der Waals surface area contributed by atoms with Gasteiger partial charge in [0.1, 0.15) is 5.82 Å². The molecule has 7 heteroatoms. The van der Waals surface area contributed by atoms with Crippen LogP contribution in [0.1, 0.15) is 29.4 Å². The number of hydrogen-bond donors (Lipinski definition) is 3. The Kier molecular flexibility index (Phi) is 3.51. The van der Waals surface area contributed by atoms with E-state index in [1.54, 1.807) is 6.33 Å². The van der Waals surface area contributed by atoms with E-state index in [1.165, 1.54) is 0 Å². The van der Waals surface area contributed by atoms with E-state index in [0.717, 1.165) is 35.9 Å². The molecule has 1 saturated heterocycles. The van der Waals surface area contributed by atoms with Gasteiger partial charge in [0.15, 0.2) is 0 Å². The van der Waals surface area contributed by atoms with E-state index >= 15 is 0 Å². The van der Waals surface area contributed by atoms with Gasteiger partial charge in [-0.1, -0.05) is 0 Å². The monoisotopic (exact) mass is 274 g/mol. The van der Waals surface area contributed by atoms with Crippen LogP contribution < -0.4 is 11.1 Å². The number of aromatic nitrogens is 4. The van der Waals surface area contributed by atoms with Crippen molar-refractivity contribution in [3.8, 4) is 0 Å². The van der Waals surface area contributed by atoms with Crippen molar-refractivity contribution >= 4 is 11.8 Å². The van der Waals surface area contributed by atoms with Crippen molar-refractivity contribution < 1.29 is 4.74 Å². The molecule has 7 nitrogen and oxygen atoms in total. The number of aromatic amines is 1. The normalized spacial score (nSPS) is 18.4. The van der Waals surface area contributed by atoms with E-state index in [4.69, 9.17) is 10.5 Å². The molecule has 3 heterocycles. The summed E-state index contributed by atoms with van der Waals surface area (Å²) in [4.78, 5) is 15.8. The van der Waals surface area contributed by atoms with Crippen molar-refractivity contribution in [1.29, 1.82) is 0 Å². The van der Waals surface area contributed by atoms with Crippen LogP contribution in [0.2, 0.25) is 0 Å². The summed E-state index contributed by atoms with van der Waals surface area (Å²) in [7, 11) is 0. The number of hydrogen-bond acceptors (Lipinski definition) is 6. The summed E-state index contributed by atoms with van der Waals surface area (Å²) in [5.41, 5.74) is 8.73. The molecule has 0 amide bonds. The first kappa shape index (κ1) is 12.9. The Balaban J connectivity index is 1.74. The number of anilines is 2. The highest BCUT2D eigenvalue weighted by Gasteiger charge is 2.20. The van der Waals surface area contributed by atoms with E-state index in [1.807, 2.05) is 13.0 Å². The lowest BCUT2D eigenvalue weighted by atomic mass is 10.0. The highest BCUT2D eigenvalue weighted by molar-refractivity contribution is 5.42. The molecule has 20 heavy (non-hydrogen) atoms. The minimum atomic E-state index is 0.288. The van der Waals surface area contributed by atoms with E-state index in [-0.39, 0.29) is 5.95 Å². The number of nitrogen functional groups attached to an aromatic ring is 1. The molecular formula is C13H18N6O. The zero-order valence-corrected chi connectivity index (χ0v) is 11.4. The molecule has 0 bridgehead atoms. The van der Waals surface area contributed by atoms with E-state index in [9.17, 15) is 0 Å². The van der Waals surface area contributed by atoms with E-state index < -0.39 is 0 Å². The van der Waals surface area contributed by atoms with Crippen LogP contribution in [0, 0.1) is 6.92 Å². The lowest BCUT2D eigenvalue weighted by Crippen LogP contribution is -2.09. The summed E-state index contributed by atoms with van der Waals surface area (Å²) in [6.45, 7) is 4.07. The van der Waals surface area contributed by atoms with Crippen LogP contribution in [0.4, 0.5) is 11.8 Å². The van der Waals surface area contributed by atoms with Crippen molar-refractivity contribution in [1.82, 2.24) is 19.9 Å². The number of nitrogens with two attached hydrogens (primary N) is 1. The quantitative estimate of drug-likeness (QED) is 0.774. The average molecular weight is 274 g/mol. The second-order valence-corrected chi connectivity index (χ2v) is 4.92. The predicted octanol–water partition coefficient (Wildman–Crippen LogP) is 1.21. The number of H-pyrrole nitrogens is 1. The van der Waals surface area contributed by atoms with Gasteiger partial charge in [-0.25, -0.2) is 9.97 Å². The Morgan fingerprint density at radius 1 is 1.50 bits per heavy atom. The summed E-state index contributed by atoms with van der Waals surface area (Å²) in [6.07, 6.45) is 2.66. The summed E-state index contributed by atoms with van der Waals surface area (Å²) in [5, 5.41) is 3.24. The topological polar surface area (TPSA) is 102 Å². The van der Waals surface area contributed by atoms with Gasteiger partial charge in [0.25, 0.3) is 0 Å². The minimum absolute atomic E-state index is 0.288. The van der Waals surface area contributed by atoms with Crippen LogP contribution >= 0.6 is 0 Å². The van der Waals surface area contributed by atoms with Crippen LogP contribution in [-0.2, 0) is 11.3 Å². The average Bonchev–Trinajstić information content (AvgIpc) is 3.07. The minimum Gasteiger partial charge on any atom is -0.381 e. The molecule has 0 aliphatic carbocycles. The van der Waals surface area contributed by atoms with Crippen LogP contribution in [0.3, 0.4) is 0 Å². The van der Waals surface area contributed by atoms with Crippen molar-refractivity contribution in [2.45, 2.75) is 25.8 Å². The fraction of sp³-hybridized carbons (Fsp3) is 0.462. The molecule has 1 aliphatic rings. The Hall–Kier alpha value is -2.15. The van der Waals surface area contributed by atoms with Gasteiger partial charge >= 0.3 is 0 Å². The highest BCUT2D eigenvalue weighted by Crippen LogP contribution is 2.25. The van der Waals surface area contributed by atoms with Crippen molar-refractivity contribution in [3.05, 3.63) is 29.5 Å². The van der Waals surface area contributed by atoms with Crippen LogP contribution in [0.25, 0.3) is 0 Å². The maximum absolute atomic E-state index is 5.78. The molecule has 0 radical (unpaired) electrons. The molecule has 0 saturated carbocycles. The molecule has 1 aliphatic heterocycles. The zero-order chi connectivity index (χ0) is 13.9. The van der Waals surface area contributed by atoms with Crippen LogP contribution in [-0.4, -0.2) is 33.1 Å². The van der Waals surface area contributed by atoms with Crippen molar-refractivity contribution in [3.63, 3.8) is 0 Å². The van der Waals surface area contributed by atoms with E-state index in [2.05, 4.69) is 25.3 Å². The third-order valence-corrected chi connectivity index (χ3v) is 3.48. The number of rotatable bonds is 4. The Labute approximate surface area is 117 Å². The number of nitrogens with one attached hydrogen (secondary N) is 2. The van der Waals surface area contributed by atoms with Gasteiger partial charge in [0, 0.05) is 24.3 Å². The summed E-state index contributed by atoms with van der Waals surface area (Å²) in [5.74, 6) is 1.32. The maximum atomic E-state index is 5.78. The van der Waals surface area contributed by atoms with Crippen LogP contribution in [0.5, 0.6) is 0 Å². The molecule has 106 valence electrons. The second-order valence-electron chi connectivity index (χ2n) is 4.92. The van der Waals surface area contributed by atoms with Gasteiger partial charge in [0.05, 0.1) is 30.9 Å². The van der Waals surface area contributed by atoms with Gasteiger partial charge in [-0.2, -0.15) is 4.98 Å². The second kappa shape index (κ2) is 5.46. The van der Waals surface area contributed by atoms with Crippen molar-refractivity contribution in [2.24, 2.45) is 0 Å². The van der Waals surface area contributed by atoms with Gasteiger partial charge in [-0.3, -0.25) is 0 Å². The molecule has 1 fully saturated rings. The molecule has 0 aromatic carbocycles. The lowest BCUT2D eigenvalue weighted by molar-refractivity contribution is 0.193. The molecule has 2 aromatic heterocycles. The molecule has 2 aromatic rings. The molecule has 0 spiro atoms. The fourth-order valence-corrected chi connectivity index (χ4v) is 2.29. The van der Waals surface area contributed by atoms with E-state index in [0.29, 0.717) is 19.1 Å². The zero-order valence-electron chi connectivity index (χ0n) is 11.4. The lowest BCUT2D eigenvalue weighted by Gasteiger charge is -2.11. The third kappa shape index (κ3) is 2.72. The number of ether oxygens (including phenoxy) is 1. The highest BCUT2D eigenvalue weighted by atomic mass is 16.5. The Morgan fingerprint density at radius 2 is 2.40 bits per heavy atom. The van der Waals surface area contributed by atoms with Crippen LogP contribution in [0.15, 0.2) is 12.4 Å². The first-order valence-corrected chi connectivity index (χ1v) is 6.67. The van der Waals surface area contributed by atoms with Gasteiger partial charge in [-0.15, -0.1) is 0 Å². The largest absolute Gasteiger partial charge is 0.381 e. The number of aryl methyl sites for hydroxylation is 1. The number of nitrogens with zero attached hydrogens (tertiary/aromatic N) is 3. The smallest absolute Gasteiger partial charge is 0.222 e. The van der Waals surface area contributed by atoms with Gasteiger partial charge < -0.3 is 20.8 Å². The third-order valence-electron chi connectivity index (χ3n) is 3.48. The molecule has 4 N–H and O–H groups in total. The SMILES string of the molecule is Cc1[nH]cnc1CNc1cc([C@@H]2CCOC2)nc(N)n1. The molecule has 1 atom stereocenters. The number of imidazole rings is 1. The summed E-state index contributed by atoms with van der Waals surface area (Å²) < 4.78 is 5.39. The maximum Gasteiger partial charge on any atom is 0.222 e. The molecule has 3 rings (SSSR count). The first-order chi connectivity index (χ1) is 9.72. The summed E-state index contributed by atoms with van der Waals surface area (Å²) in [6, 6.07) is 1.94. The molecular weight excluding hydrogens is 256 g/mol.